The van der Waals surface area contributed by atoms with Gasteiger partial charge in [-0.05, 0) is 30.2 Å². The fraction of sp³-hybridized carbons (Fsp3) is 0.143. The molecule has 0 atom stereocenters. The second-order valence-corrected chi connectivity index (χ2v) is 4.88. The van der Waals surface area contributed by atoms with E-state index in [0.717, 1.165) is 0 Å². The molecule has 0 spiro atoms. The van der Waals surface area contributed by atoms with Crippen LogP contribution in [-0.4, -0.2) is 31.3 Å². The van der Waals surface area contributed by atoms with Gasteiger partial charge in [0, 0.05) is 5.56 Å². The maximum absolute atomic E-state index is 11.7. The number of rotatable bonds is 3. The maximum atomic E-state index is 11.7. The first-order valence-electron chi connectivity index (χ1n) is 6.52. The molecule has 3 rings (SSSR count). The van der Waals surface area contributed by atoms with E-state index >= 15 is 0 Å². The molecular weight excluding hydrogens is 304 g/mol. The highest BCUT2D eigenvalue weighted by Gasteiger charge is 2.30. The van der Waals surface area contributed by atoms with Crippen molar-refractivity contribution in [1.29, 1.82) is 0 Å². The van der Waals surface area contributed by atoms with Crippen molar-refractivity contribution in [3.05, 3.63) is 45.3 Å². The SMILES string of the molecule is Cc1nc(C)c([N+](=O)[O-])c(-c2cccc3nonc23)c1C(=O)O. The molecule has 2 heterocycles. The molecule has 9 heteroatoms. The van der Waals surface area contributed by atoms with Crippen LogP contribution in [0, 0.1) is 24.0 Å². The van der Waals surface area contributed by atoms with Crippen molar-refractivity contribution in [3.63, 3.8) is 0 Å². The van der Waals surface area contributed by atoms with E-state index in [1.807, 2.05) is 0 Å². The van der Waals surface area contributed by atoms with Gasteiger partial charge in [-0.1, -0.05) is 12.1 Å². The molecular formula is C14H10N4O5. The van der Waals surface area contributed by atoms with Gasteiger partial charge in [0.2, 0.25) is 0 Å². The quantitative estimate of drug-likeness (QED) is 0.576. The van der Waals surface area contributed by atoms with Crippen LogP contribution < -0.4 is 0 Å². The number of hydrogen-bond acceptors (Lipinski definition) is 7. The molecule has 23 heavy (non-hydrogen) atoms. The summed E-state index contributed by atoms with van der Waals surface area (Å²) < 4.78 is 4.66. The number of aryl methyl sites for hydroxylation is 2. The molecule has 0 unspecified atom stereocenters. The average Bonchev–Trinajstić information content (AvgIpc) is 2.93. The zero-order valence-electron chi connectivity index (χ0n) is 12.1. The summed E-state index contributed by atoms with van der Waals surface area (Å²) in [7, 11) is 0. The first-order valence-corrected chi connectivity index (χ1v) is 6.52. The lowest BCUT2D eigenvalue weighted by Gasteiger charge is -2.11. The predicted octanol–water partition coefficient (Wildman–Crippen LogP) is 2.51. The van der Waals surface area contributed by atoms with Gasteiger partial charge >= 0.3 is 5.97 Å². The van der Waals surface area contributed by atoms with Crippen molar-refractivity contribution in [1.82, 2.24) is 15.3 Å². The Hall–Kier alpha value is -3.36. The third-order valence-corrected chi connectivity index (χ3v) is 3.48. The minimum Gasteiger partial charge on any atom is -0.478 e. The van der Waals surface area contributed by atoms with E-state index in [2.05, 4.69) is 19.9 Å². The van der Waals surface area contributed by atoms with Crippen molar-refractivity contribution in [2.45, 2.75) is 13.8 Å². The molecule has 2 aromatic heterocycles. The molecule has 1 N–H and O–H groups in total. The second kappa shape index (κ2) is 5.13. The summed E-state index contributed by atoms with van der Waals surface area (Å²) in [6, 6.07) is 4.75. The Morgan fingerprint density at radius 2 is 2.00 bits per heavy atom. The number of pyridine rings is 1. The Balaban J connectivity index is 2.53. The van der Waals surface area contributed by atoms with Gasteiger partial charge in [-0.15, -0.1) is 0 Å². The fourth-order valence-corrected chi connectivity index (χ4v) is 2.60. The summed E-state index contributed by atoms with van der Waals surface area (Å²) in [4.78, 5) is 26.5. The number of aromatic nitrogens is 3. The smallest absolute Gasteiger partial charge is 0.338 e. The monoisotopic (exact) mass is 314 g/mol. The van der Waals surface area contributed by atoms with Gasteiger partial charge < -0.3 is 5.11 Å². The summed E-state index contributed by atoms with van der Waals surface area (Å²) in [5, 5.41) is 28.4. The Morgan fingerprint density at radius 1 is 1.26 bits per heavy atom. The topological polar surface area (TPSA) is 132 Å². The van der Waals surface area contributed by atoms with Gasteiger partial charge in [0.05, 0.1) is 21.7 Å². The summed E-state index contributed by atoms with van der Waals surface area (Å²) >= 11 is 0. The first kappa shape index (κ1) is 14.6. The van der Waals surface area contributed by atoms with Crippen LogP contribution in [0.3, 0.4) is 0 Å². The van der Waals surface area contributed by atoms with Crippen LogP contribution in [-0.2, 0) is 0 Å². The second-order valence-electron chi connectivity index (χ2n) is 4.88. The Bertz CT molecular complexity index is 925. The predicted molar refractivity (Wildman–Crippen MR) is 78.1 cm³/mol. The lowest BCUT2D eigenvalue weighted by molar-refractivity contribution is -0.385. The molecule has 1 aromatic carbocycles. The van der Waals surface area contributed by atoms with Gasteiger partial charge in [0.25, 0.3) is 5.69 Å². The summed E-state index contributed by atoms with van der Waals surface area (Å²) in [6.07, 6.45) is 0. The molecule has 0 fully saturated rings. The van der Waals surface area contributed by atoms with Crippen molar-refractivity contribution >= 4 is 22.7 Å². The van der Waals surface area contributed by atoms with Gasteiger partial charge in [-0.3, -0.25) is 15.1 Å². The van der Waals surface area contributed by atoms with Gasteiger partial charge in [0.15, 0.2) is 0 Å². The van der Waals surface area contributed by atoms with E-state index in [9.17, 15) is 20.0 Å². The standard InChI is InChI=1S/C14H10N4O5/c1-6-10(14(19)20)11(13(18(21)22)7(2)15-6)8-4-3-5-9-12(8)17-23-16-9/h3-5H,1-2H3,(H,19,20). The van der Waals surface area contributed by atoms with E-state index < -0.39 is 10.9 Å². The van der Waals surface area contributed by atoms with E-state index in [1.54, 1.807) is 18.2 Å². The van der Waals surface area contributed by atoms with Crippen LogP contribution in [0.2, 0.25) is 0 Å². The van der Waals surface area contributed by atoms with Crippen molar-refractivity contribution < 1.29 is 19.5 Å². The number of aromatic carboxylic acids is 1. The molecule has 0 aliphatic heterocycles. The zero-order valence-corrected chi connectivity index (χ0v) is 12.1. The number of benzene rings is 1. The molecule has 0 aliphatic carbocycles. The highest BCUT2D eigenvalue weighted by atomic mass is 16.6. The van der Waals surface area contributed by atoms with E-state index in [-0.39, 0.29) is 39.3 Å². The molecule has 0 aliphatic rings. The van der Waals surface area contributed by atoms with Crippen LogP contribution in [0.15, 0.2) is 22.8 Å². The lowest BCUT2D eigenvalue weighted by atomic mass is 9.95. The molecule has 0 saturated heterocycles. The Labute approximate surface area is 128 Å². The number of carboxylic acid groups (broad SMARTS) is 1. The van der Waals surface area contributed by atoms with Gasteiger partial charge in [-0.2, -0.15) is 0 Å². The molecule has 0 radical (unpaired) electrons. The number of hydrogen-bond donors (Lipinski definition) is 1. The largest absolute Gasteiger partial charge is 0.478 e. The van der Waals surface area contributed by atoms with E-state index in [4.69, 9.17) is 0 Å². The van der Waals surface area contributed by atoms with E-state index in [0.29, 0.717) is 5.52 Å². The normalized spacial score (nSPS) is 10.9. The molecule has 3 aromatic rings. The number of carbonyl (C=O) groups is 1. The lowest BCUT2D eigenvalue weighted by Crippen LogP contribution is -2.10. The van der Waals surface area contributed by atoms with Crippen LogP contribution in [0.4, 0.5) is 5.69 Å². The molecule has 0 bridgehead atoms. The highest BCUT2D eigenvalue weighted by molar-refractivity contribution is 6.05. The summed E-state index contributed by atoms with van der Waals surface area (Å²) in [6.45, 7) is 2.95. The summed E-state index contributed by atoms with van der Waals surface area (Å²) in [5.41, 5.74) is 0.546. The van der Waals surface area contributed by atoms with Gasteiger partial charge in [-0.25, -0.2) is 9.42 Å². The van der Waals surface area contributed by atoms with Crippen LogP contribution >= 0.6 is 0 Å². The number of nitrogens with zero attached hydrogens (tertiary/aromatic N) is 4. The average molecular weight is 314 g/mol. The third kappa shape index (κ3) is 2.18. The molecule has 0 saturated carbocycles. The third-order valence-electron chi connectivity index (χ3n) is 3.48. The Morgan fingerprint density at radius 3 is 2.65 bits per heavy atom. The number of carboxylic acids is 1. The number of nitro groups is 1. The first-order chi connectivity index (χ1) is 10.9. The van der Waals surface area contributed by atoms with Crippen molar-refractivity contribution in [2.75, 3.05) is 0 Å². The maximum Gasteiger partial charge on any atom is 0.338 e. The molecule has 9 nitrogen and oxygen atoms in total. The van der Waals surface area contributed by atoms with Crippen molar-refractivity contribution in [2.24, 2.45) is 0 Å². The minimum atomic E-state index is -1.30. The van der Waals surface area contributed by atoms with E-state index in [1.165, 1.54) is 13.8 Å². The van der Waals surface area contributed by atoms with Crippen LogP contribution in [0.5, 0.6) is 0 Å². The van der Waals surface area contributed by atoms with Gasteiger partial charge in [0.1, 0.15) is 16.7 Å². The number of fused-ring (bicyclic) bond motifs is 1. The van der Waals surface area contributed by atoms with Crippen LogP contribution in [0.1, 0.15) is 21.7 Å². The molecule has 0 amide bonds. The minimum absolute atomic E-state index is 0.0474. The Kier molecular flexibility index (Phi) is 3.25. The zero-order chi connectivity index (χ0) is 16.7. The van der Waals surface area contributed by atoms with Crippen LogP contribution in [0.25, 0.3) is 22.2 Å². The van der Waals surface area contributed by atoms with Crippen molar-refractivity contribution in [3.8, 4) is 11.1 Å². The fourth-order valence-electron chi connectivity index (χ4n) is 2.60. The summed E-state index contributed by atoms with van der Waals surface area (Å²) in [5.74, 6) is -1.30. The highest BCUT2D eigenvalue weighted by Crippen LogP contribution is 2.39. The molecule has 116 valence electrons.